The van der Waals surface area contributed by atoms with E-state index in [0.717, 1.165) is 4.48 Å². The lowest BCUT2D eigenvalue weighted by Gasteiger charge is -1.98. The van der Waals surface area contributed by atoms with Gasteiger partial charge in [-0.15, -0.1) is 0 Å². The highest BCUT2D eigenvalue weighted by atomic mass is 79.9. The van der Waals surface area contributed by atoms with Crippen molar-refractivity contribution in [1.82, 2.24) is 0 Å². The van der Waals surface area contributed by atoms with Crippen molar-refractivity contribution in [3.8, 4) is 0 Å². The molecule has 0 heterocycles. The summed E-state index contributed by atoms with van der Waals surface area (Å²) in [5, 5.41) is 0. The van der Waals surface area contributed by atoms with Gasteiger partial charge in [0.2, 0.25) is 0 Å². The standard InChI is InChI=1S/C13H15BrO3/c1-11(14)8-6-4-5-7-9-12(16-2)10-13(15)17-3/h4-10H,1H2,2-3H3/b5-4-,8-6+,9-7+,12-10-. The molecule has 0 unspecified atom stereocenters. The van der Waals surface area contributed by atoms with Crippen LogP contribution in [-0.2, 0) is 14.3 Å². The summed E-state index contributed by atoms with van der Waals surface area (Å²) in [6.45, 7) is 3.65. The molecule has 0 saturated carbocycles. The van der Waals surface area contributed by atoms with Gasteiger partial charge in [-0.25, -0.2) is 4.79 Å². The summed E-state index contributed by atoms with van der Waals surface area (Å²) in [6.07, 6.45) is 11.9. The van der Waals surface area contributed by atoms with Crippen LogP contribution in [0.1, 0.15) is 0 Å². The Morgan fingerprint density at radius 1 is 1.06 bits per heavy atom. The molecule has 3 nitrogen and oxygen atoms in total. The molecule has 0 N–H and O–H groups in total. The maximum Gasteiger partial charge on any atom is 0.334 e. The monoisotopic (exact) mass is 298 g/mol. The van der Waals surface area contributed by atoms with Gasteiger partial charge < -0.3 is 9.47 Å². The van der Waals surface area contributed by atoms with Crippen LogP contribution in [0.2, 0.25) is 0 Å². The number of carbonyl (C=O) groups excluding carboxylic acids is 1. The fourth-order valence-corrected chi connectivity index (χ4v) is 0.941. The lowest BCUT2D eigenvalue weighted by atomic mass is 10.3. The van der Waals surface area contributed by atoms with Crippen molar-refractivity contribution in [2.24, 2.45) is 0 Å². The predicted octanol–water partition coefficient (Wildman–Crippen LogP) is 3.27. The van der Waals surface area contributed by atoms with Gasteiger partial charge >= 0.3 is 5.97 Å². The number of methoxy groups -OCH3 is 2. The molecule has 0 radical (unpaired) electrons. The highest BCUT2D eigenvalue weighted by Crippen LogP contribution is 2.02. The van der Waals surface area contributed by atoms with Gasteiger partial charge in [-0.1, -0.05) is 46.8 Å². The molecule has 0 rings (SSSR count). The first-order valence-corrected chi connectivity index (χ1v) is 5.59. The molecule has 0 bridgehead atoms. The summed E-state index contributed by atoms with van der Waals surface area (Å²) in [7, 11) is 2.80. The summed E-state index contributed by atoms with van der Waals surface area (Å²) >= 11 is 3.20. The van der Waals surface area contributed by atoms with E-state index < -0.39 is 5.97 Å². The van der Waals surface area contributed by atoms with Crippen LogP contribution >= 0.6 is 15.9 Å². The zero-order valence-electron chi connectivity index (χ0n) is 9.85. The molecule has 0 fully saturated rings. The second-order valence-corrected chi connectivity index (χ2v) is 3.84. The number of allylic oxidation sites excluding steroid dienone is 7. The number of ether oxygens (including phenoxy) is 2. The van der Waals surface area contributed by atoms with Crippen LogP contribution in [-0.4, -0.2) is 20.2 Å². The topological polar surface area (TPSA) is 35.5 Å². The van der Waals surface area contributed by atoms with Crippen LogP contribution in [0.25, 0.3) is 0 Å². The first kappa shape index (κ1) is 15.4. The Labute approximate surface area is 110 Å². The van der Waals surface area contributed by atoms with E-state index in [1.165, 1.54) is 20.3 Å². The van der Waals surface area contributed by atoms with E-state index in [2.05, 4.69) is 27.2 Å². The highest BCUT2D eigenvalue weighted by Gasteiger charge is 1.96. The van der Waals surface area contributed by atoms with Crippen molar-refractivity contribution < 1.29 is 14.3 Å². The van der Waals surface area contributed by atoms with Gasteiger partial charge in [0.05, 0.1) is 20.3 Å². The Bertz CT molecular complexity index is 376. The van der Waals surface area contributed by atoms with Crippen LogP contribution in [0.15, 0.2) is 59.4 Å². The molecule has 92 valence electrons. The van der Waals surface area contributed by atoms with E-state index in [4.69, 9.17) is 4.74 Å². The average molecular weight is 299 g/mol. The van der Waals surface area contributed by atoms with E-state index in [9.17, 15) is 4.79 Å². The van der Waals surface area contributed by atoms with Crippen molar-refractivity contribution in [1.29, 1.82) is 0 Å². The molecule has 4 heteroatoms. The predicted molar refractivity (Wildman–Crippen MR) is 72.6 cm³/mol. The number of halogens is 1. The van der Waals surface area contributed by atoms with Crippen LogP contribution < -0.4 is 0 Å². The molecule has 0 aromatic rings. The fraction of sp³-hybridized carbons (Fsp3) is 0.154. The van der Waals surface area contributed by atoms with E-state index in [1.807, 2.05) is 18.2 Å². The fourth-order valence-electron chi connectivity index (χ4n) is 0.789. The smallest absolute Gasteiger partial charge is 0.334 e. The summed E-state index contributed by atoms with van der Waals surface area (Å²) < 4.78 is 10.2. The summed E-state index contributed by atoms with van der Waals surface area (Å²) in [5.74, 6) is -0.0265. The minimum atomic E-state index is -0.453. The molecule has 0 saturated heterocycles. The van der Waals surface area contributed by atoms with E-state index in [-0.39, 0.29) is 0 Å². The van der Waals surface area contributed by atoms with E-state index in [0.29, 0.717) is 5.76 Å². The second-order valence-electron chi connectivity index (χ2n) is 2.82. The van der Waals surface area contributed by atoms with Crippen molar-refractivity contribution in [3.05, 3.63) is 59.4 Å². The first-order valence-electron chi connectivity index (χ1n) is 4.79. The maximum absolute atomic E-state index is 10.9. The van der Waals surface area contributed by atoms with Crippen LogP contribution in [0.5, 0.6) is 0 Å². The third-order valence-corrected chi connectivity index (χ3v) is 1.83. The molecule has 0 aliphatic heterocycles. The van der Waals surface area contributed by atoms with Gasteiger partial charge in [-0.05, 0) is 12.2 Å². The number of esters is 1. The Kier molecular flexibility index (Phi) is 8.78. The molecular formula is C13H15BrO3. The van der Waals surface area contributed by atoms with Crippen molar-refractivity contribution in [2.75, 3.05) is 14.2 Å². The largest absolute Gasteiger partial charge is 0.496 e. The molecule has 17 heavy (non-hydrogen) atoms. The van der Waals surface area contributed by atoms with Crippen LogP contribution in [0.3, 0.4) is 0 Å². The number of carbonyl (C=O) groups is 1. The average Bonchev–Trinajstić information content (AvgIpc) is 2.31. The molecule has 0 aromatic carbocycles. The number of hydrogen-bond acceptors (Lipinski definition) is 3. The third kappa shape index (κ3) is 9.38. The van der Waals surface area contributed by atoms with Gasteiger partial charge in [0, 0.05) is 4.48 Å². The Morgan fingerprint density at radius 2 is 1.65 bits per heavy atom. The molecule has 0 spiro atoms. The number of rotatable bonds is 6. The molecule has 0 amide bonds. The first-order chi connectivity index (χ1) is 8.10. The second kappa shape index (κ2) is 9.66. The van der Waals surface area contributed by atoms with Gasteiger partial charge in [0.25, 0.3) is 0 Å². The summed E-state index contributed by atoms with van der Waals surface area (Å²) in [5.41, 5.74) is 0. The lowest BCUT2D eigenvalue weighted by molar-refractivity contribution is -0.135. The third-order valence-electron chi connectivity index (χ3n) is 1.57. The quantitative estimate of drug-likeness (QED) is 0.327. The van der Waals surface area contributed by atoms with Crippen molar-refractivity contribution in [3.63, 3.8) is 0 Å². The van der Waals surface area contributed by atoms with Gasteiger partial charge in [0.15, 0.2) is 0 Å². The van der Waals surface area contributed by atoms with Gasteiger partial charge in [0.1, 0.15) is 5.76 Å². The Hall–Kier alpha value is -1.55. The molecule has 0 aliphatic rings. The highest BCUT2D eigenvalue weighted by molar-refractivity contribution is 9.11. The zero-order valence-corrected chi connectivity index (χ0v) is 11.4. The minimum absolute atomic E-state index is 0.426. The maximum atomic E-state index is 10.9. The normalized spacial score (nSPS) is 12.5. The van der Waals surface area contributed by atoms with Crippen LogP contribution in [0, 0.1) is 0 Å². The van der Waals surface area contributed by atoms with E-state index in [1.54, 1.807) is 18.2 Å². The molecule has 0 aliphatic carbocycles. The van der Waals surface area contributed by atoms with Gasteiger partial charge in [-0.2, -0.15) is 0 Å². The molecule has 0 atom stereocenters. The number of hydrogen-bond donors (Lipinski definition) is 0. The molecule has 0 aromatic heterocycles. The van der Waals surface area contributed by atoms with Gasteiger partial charge in [-0.3, -0.25) is 0 Å². The van der Waals surface area contributed by atoms with Crippen molar-refractivity contribution >= 4 is 21.9 Å². The SMILES string of the molecule is C=C(Br)/C=C/C=C\C=C\C(=C\C(=O)OC)OC. The Morgan fingerprint density at radius 3 is 2.12 bits per heavy atom. The van der Waals surface area contributed by atoms with E-state index >= 15 is 0 Å². The molecular weight excluding hydrogens is 284 g/mol. The Balaban J connectivity index is 4.34. The van der Waals surface area contributed by atoms with Crippen molar-refractivity contribution in [2.45, 2.75) is 0 Å². The summed E-state index contributed by atoms with van der Waals surface area (Å²) in [4.78, 5) is 10.9. The minimum Gasteiger partial charge on any atom is -0.496 e. The zero-order chi connectivity index (χ0) is 13.1. The van der Waals surface area contributed by atoms with Crippen LogP contribution in [0.4, 0.5) is 0 Å². The lowest BCUT2D eigenvalue weighted by Crippen LogP contribution is -1.97. The summed E-state index contributed by atoms with van der Waals surface area (Å²) in [6, 6.07) is 0.